The molecule has 2 unspecified atom stereocenters. The number of aliphatic hydroxyl groups excluding tert-OH is 1. The van der Waals surface area contributed by atoms with E-state index in [-0.39, 0.29) is 35.7 Å². The van der Waals surface area contributed by atoms with Crippen LogP contribution < -0.4 is 5.32 Å². The molecule has 0 aromatic carbocycles. The second-order valence-corrected chi connectivity index (χ2v) is 10.4. The van der Waals surface area contributed by atoms with Crippen LogP contribution in [-0.2, 0) is 19.1 Å². The van der Waals surface area contributed by atoms with Crippen LogP contribution in [0.2, 0.25) is 0 Å². The monoisotopic (exact) mass is 424 g/mol. The first-order chi connectivity index (χ1) is 14.0. The zero-order valence-electron chi connectivity index (χ0n) is 17.1. The number of esters is 1. The molecule has 2 N–H and O–H groups in total. The molecule has 162 valence electrons. The molecule has 0 aromatic rings. The molecule has 1 saturated carbocycles. The van der Waals surface area contributed by atoms with Crippen LogP contribution >= 0.6 is 11.8 Å². The van der Waals surface area contributed by atoms with Crippen LogP contribution in [0.4, 0.5) is 0 Å². The summed E-state index contributed by atoms with van der Waals surface area (Å²) in [5.41, 5.74) is 0. The SMILES string of the molecule is CCOC(=O)[C@@H]1[C@H]2C(=O)N(CCCO)C(C(=O)NC3CCCCC3)C23CC[C@H]1S3. The number of carbonyl (C=O) groups is 3. The number of likely N-dealkylation sites (tertiary alicyclic amines) is 1. The molecule has 4 fully saturated rings. The predicted molar refractivity (Wildman–Crippen MR) is 109 cm³/mol. The minimum Gasteiger partial charge on any atom is -0.466 e. The first kappa shape index (κ1) is 21.0. The first-order valence-electron chi connectivity index (χ1n) is 11.1. The lowest BCUT2D eigenvalue weighted by molar-refractivity contribution is -0.153. The molecule has 2 bridgehead atoms. The molecule has 2 amide bonds. The summed E-state index contributed by atoms with van der Waals surface area (Å²) in [5.74, 6) is -1.46. The van der Waals surface area contributed by atoms with Crippen LogP contribution in [0.25, 0.3) is 0 Å². The Balaban J connectivity index is 1.62. The fourth-order valence-electron chi connectivity index (χ4n) is 5.97. The molecule has 4 aliphatic rings. The maximum Gasteiger partial charge on any atom is 0.310 e. The lowest BCUT2D eigenvalue weighted by atomic mass is 9.71. The van der Waals surface area contributed by atoms with Gasteiger partial charge in [-0.05, 0) is 39.0 Å². The van der Waals surface area contributed by atoms with E-state index in [0.717, 1.165) is 38.5 Å². The van der Waals surface area contributed by atoms with Gasteiger partial charge in [0.2, 0.25) is 11.8 Å². The third-order valence-corrected chi connectivity index (χ3v) is 9.07. The van der Waals surface area contributed by atoms with Gasteiger partial charge in [-0.3, -0.25) is 14.4 Å². The lowest BCUT2D eigenvalue weighted by Crippen LogP contribution is -2.55. The molecule has 3 aliphatic heterocycles. The van der Waals surface area contributed by atoms with Crippen molar-refractivity contribution >= 4 is 29.5 Å². The van der Waals surface area contributed by atoms with Gasteiger partial charge in [0.05, 0.1) is 23.2 Å². The molecule has 8 heteroatoms. The largest absolute Gasteiger partial charge is 0.466 e. The van der Waals surface area contributed by atoms with Gasteiger partial charge in [-0.25, -0.2) is 0 Å². The van der Waals surface area contributed by atoms with Gasteiger partial charge in [-0.1, -0.05) is 19.3 Å². The van der Waals surface area contributed by atoms with Gasteiger partial charge in [0.1, 0.15) is 6.04 Å². The number of ether oxygens (including phenoxy) is 1. The summed E-state index contributed by atoms with van der Waals surface area (Å²) in [6.07, 6.45) is 7.46. The topological polar surface area (TPSA) is 95.9 Å². The average Bonchev–Trinajstić information content (AvgIpc) is 3.34. The Hall–Kier alpha value is -1.28. The summed E-state index contributed by atoms with van der Waals surface area (Å²) in [4.78, 5) is 41.2. The number of nitrogens with zero attached hydrogens (tertiary/aromatic N) is 1. The number of rotatable bonds is 7. The van der Waals surface area contributed by atoms with Crippen LogP contribution in [0.15, 0.2) is 0 Å². The fourth-order valence-corrected chi connectivity index (χ4v) is 8.18. The number of fused-ring (bicyclic) bond motifs is 1. The number of carbonyl (C=O) groups excluding carboxylic acids is 3. The minimum atomic E-state index is -0.567. The standard InChI is InChI=1S/C21H32N2O5S/c1-2-28-20(27)15-14-9-10-21(29-14)16(15)19(26)23(11-6-12-24)17(21)18(25)22-13-7-4-3-5-8-13/h13-17,24H,2-12H2,1H3,(H,22,25)/t14-,15+,16+,17?,21?/m1/s1. The Morgan fingerprint density at radius 2 is 2.03 bits per heavy atom. The Kier molecular flexibility index (Phi) is 6.11. The number of nitrogens with one attached hydrogen (secondary N) is 1. The summed E-state index contributed by atoms with van der Waals surface area (Å²) < 4.78 is 4.75. The molecular weight excluding hydrogens is 392 g/mol. The smallest absolute Gasteiger partial charge is 0.310 e. The highest BCUT2D eigenvalue weighted by atomic mass is 32.2. The molecule has 3 saturated heterocycles. The quantitative estimate of drug-likeness (QED) is 0.601. The predicted octanol–water partition coefficient (Wildman–Crippen LogP) is 1.47. The summed E-state index contributed by atoms with van der Waals surface area (Å²) in [6.45, 7) is 2.38. The Morgan fingerprint density at radius 3 is 2.72 bits per heavy atom. The fraction of sp³-hybridized carbons (Fsp3) is 0.857. The van der Waals surface area contributed by atoms with Gasteiger partial charge in [-0.2, -0.15) is 0 Å². The first-order valence-corrected chi connectivity index (χ1v) is 12.0. The van der Waals surface area contributed by atoms with Crippen molar-refractivity contribution in [3.05, 3.63) is 0 Å². The van der Waals surface area contributed by atoms with Crippen molar-refractivity contribution < 1.29 is 24.2 Å². The molecular formula is C21H32N2O5S. The lowest BCUT2D eigenvalue weighted by Gasteiger charge is -2.35. The number of hydrogen-bond acceptors (Lipinski definition) is 6. The molecule has 5 atom stereocenters. The van der Waals surface area contributed by atoms with Crippen LogP contribution in [0.1, 0.15) is 58.3 Å². The molecule has 1 spiro atoms. The Bertz CT molecular complexity index is 667. The summed E-state index contributed by atoms with van der Waals surface area (Å²) in [5, 5.41) is 12.6. The summed E-state index contributed by atoms with van der Waals surface area (Å²) in [7, 11) is 0. The molecule has 29 heavy (non-hydrogen) atoms. The zero-order chi connectivity index (χ0) is 20.6. The van der Waals surface area contributed by atoms with Crippen LogP contribution in [0.5, 0.6) is 0 Å². The van der Waals surface area contributed by atoms with Gasteiger partial charge in [0.25, 0.3) is 0 Å². The van der Waals surface area contributed by atoms with Crippen molar-refractivity contribution in [3.8, 4) is 0 Å². The van der Waals surface area contributed by atoms with Crippen LogP contribution in [-0.4, -0.2) is 69.6 Å². The van der Waals surface area contributed by atoms with Gasteiger partial charge < -0.3 is 20.1 Å². The maximum atomic E-state index is 13.5. The highest BCUT2D eigenvalue weighted by Gasteiger charge is 2.73. The van der Waals surface area contributed by atoms with Gasteiger partial charge in [0, 0.05) is 24.4 Å². The number of aliphatic hydroxyl groups is 1. The van der Waals surface area contributed by atoms with E-state index >= 15 is 0 Å². The molecule has 0 aromatic heterocycles. The third kappa shape index (κ3) is 3.46. The van der Waals surface area contributed by atoms with E-state index < -0.39 is 22.6 Å². The molecule has 4 rings (SSSR count). The highest BCUT2D eigenvalue weighted by molar-refractivity contribution is 8.02. The second-order valence-electron chi connectivity index (χ2n) is 8.76. The van der Waals surface area contributed by atoms with Crippen molar-refractivity contribution in [1.29, 1.82) is 0 Å². The summed E-state index contributed by atoms with van der Waals surface area (Å²) >= 11 is 1.66. The molecule has 0 radical (unpaired) electrons. The third-order valence-electron chi connectivity index (χ3n) is 7.12. The van der Waals surface area contributed by atoms with Crippen molar-refractivity contribution in [2.75, 3.05) is 19.8 Å². The van der Waals surface area contributed by atoms with Crippen molar-refractivity contribution in [3.63, 3.8) is 0 Å². The van der Waals surface area contributed by atoms with E-state index in [1.165, 1.54) is 6.42 Å². The molecule has 7 nitrogen and oxygen atoms in total. The maximum absolute atomic E-state index is 13.5. The van der Waals surface area contributed by atoms with Crippen molar-refractivity contribution in [2.45, 2.75) is 80.4 Å². The average molecular weight is 425 g/mol. The van der Waals surface area contributed by atoms with E-state index in [0.29, 0.717) is 19.6 Å². The molecule has 1 aliphatic carbocycles. The minimum absolute atomic E-state index is 0.0323. The van der Waals surface area contributed by atoms with Gasteiger partial charge in [-0.15, -0.1) is 11.8 Å². The van der Waals surface area contributed by atoms with E-state index in [4.69, 9.17) is 4.74 Å². The van der Waals surface area contributed by atoms with E-state index in [2.05, 4.69) is 5.32 Å². The van der Waals surface area contributed by atoms with Gasteiger partial charge >= 0.3 is 5.97 Å². The van der Waals surface area contributed by atoms with Crippen molar-refractivity contribution in [1.82, 2.24) is 10.2 Å². The summed E-state index contributed by atoms with van der Waals surface area (Å²) in [6, 6.07) is -0.395. The zero-order valence-corrected chi connectivity index (χ0v) is 17.9. The second kappa shape index (κ2) is 8.46. The Labute approximate surface area is 176 Å². The molecule has 3 heterocycles. The highest BCUT2D eigenvalue weighted by Crippen LogP contribution is 2.66. The van der Waals surface area contributed by atoms with E-state index in [9.17, 15) is 19.5 Å². The van der Waals surface area contributed by atoms with Crippen LogP contribution in [0.3, 0.4) is 0 Å². The van der Waals surface area contributed by atoms with Crippen molar-refractivity contribution in [2.24, 2.45) is 11.8 Å². The number of amides is 2. The number of thioether (sulfide) groups is 1. The Morgan fingerprint density at radius 1 is 1.28 bits per heavy atom. The van der Waals surface area contributed by atoms with E-state index in [1.807, 2.05) is 0 Å². The van der Waals surface area contributed by atoms with Crippen LogP contribution in [0, 0.1) is 11.8 Å². The number of hydrogen-bond donors (Lipinski definition) is 2. The van der Waals surface area contributed by atoms with E-state index in [1.54, 1.807) is 23.6 Å². The normalized spacial score (nSPS) is 36.3. The van der Waals surface area contributed by atoms with Gasteiger partial charge in [0.15, 0.2) is 0 Å².